The lowest BCUT2D eigenvalue weighted by Crippen LogP contribution is -2.28. The van der Waals surface area contributed by atoms with Crippen LogP contribution in [0.4, 0.5) is 11.4 Å². The number of amides is 2. The van der Waals surface area contributed by atoms with Crippen LogP contribution in [0.2, 0.25) is 5.02 Å². The zero-order valence-electron chi connectivity index (χ0n) is 11.4. The summed E-state index contributed by atoms with van der Waals surface area (Å²) in [6, 6.07) is 4.81. The molecule has 0 aliphatic heterocycles. The summed E-state index contributed by atoms with van der Waals surface area (Å²) in [5.41, 5.74) is 6.38. The molecule has 7 heteroatoms. The van der Waals surface area contributed by atoms with Crippen LogP contribution in [0.15, 0.2) is 18.2 Å². The summed E-state index contributed by atoms with van der Waals surface area (Å²) in [6.45, 7) is 1.63. The summed E-state index contributed by atoms with van der Waals surface area (Å²) in [4.78, 5) is 23.0. The minimum Gasteiger partial charge on any atom is -0.380 e. The lowest BCUT2D eigenvalue weighted by atomic mass is 10.2. The molecular formula is C13H18ClN3O3. The monoisotopic (exact) mass is 299 g/mol. The van der Waals surface area contributed by atoms with E-state index in [2.05, 4.69) is 10.6 Å². The number of hydrogen-bond donors (Lipinski definition) is 3. The third kappa shape index (κ3) is 5.16. The molecule has 0 aromatic heterocycles. The van der Waals surface area contributed by atoms with E-state index in [1.807, 2.05) is 0 Å². The molecule has 0 aliphatic rings. The maximum absolute atomic E-state index is 11.9. The molecule has 0 spiro atoms. The highest BCUT2D eigenvalue weighted by atomic mass is 35.5. The van der Waals surface area contributed by atoms with Gasteiger partial charge in [0.2, 0.25) is 11.8 Å². The van der Waals surface area contributed by atoms with Gasteiger partial charge in [0.05, 0.1) is 23.9 Å². The van der Waals surface area contributed by atoms with Crippen molar-refractivity contribution in [2.24, 2.45) is 5.73 Å². The Kier molecular flexibility index (Phi) is 6.44. The standard InChI is InChI=1S/C13H18ClN3O3/c1-8(18)16-11-4-3-9(14)5-12(11)17-13(19)6-10(7-15)20-2/h3-5,10H,6-7,15H2,1-2H3,(H,16,18)(H,17,19). The van der Waals surface area contributed by atoms with Crippen molar-refractivity contribution in [2.75, 3.05) is 24.3 Å². The second-order valence-corrected chi connectivity index (χ2v) is 4.65. The van der Waals surface area contributed by atoms with Crippen LogP contribution in [0.1, 0.15) is 13.3 Å². The Morgan fingerprint density at radius 2 is 2.05 bits per heavy atom. The number of nitrogens with two attached hydrogens (primary N) is 1. The normalized spacial score (nSPS) is 11.8. The van der Waals surface area contributed by atoms with E-state index < -0.39 is 0 Å². The molecule has 1 rings (SSSR count). The van der Waals surface area contributed by atoms with Gasteiger partial charge in [-0.15, -0.1) is 0 Å². The Balaban J connectivity index is 2.82. The van der Waals surface area contributed by atoms with Gasteiger partial charge in [-0.1, -0.05) is 11.6 Å². The van der Waals surface area contributed by atoms with Crippen LogP contribution in [-0.4, -0.2) is 31.6 Å². The number of methoxy groups -OCH3 is 1. The van der Waals surface area contributed by atoms with E-state index >= 15 is 0 Å². The summed E-state index contributed by atoms with van der Waals surface area (Å²) in [7, 11) is 1.49. The van der Waals surface area contributed by atoms with Gasteiger partial charge in [0, 0.05) is 25.6 Å². The van der Waals surface area contributed by atoms with E-state index in [0.29, 0.717) is 16.4 Å². The van der Waals surface area contributed by atoms with Crippen molar-refractivity contribution in [3.8, 4) is 0 Å². The van der Waals surface area contributed by atoms with Crippen molar-refractivity contribution in [1.82, 2.24) is 0 Å². The zero-order chi connectivity index (χ0) is 15.1. The number of hydrogen-bond acceptors (Lipinski definition) is 4. The predicted octanol–water partition coefficient (Wildman–Crippen LogP) is 1.60. The molecule has 0 bridgehead atoms. The third-order valence-electron chi connectivity index (χ3n) is 2.58. The lowest BCUT2D eigenvalue weighted by Gasteiger charge is -2.15. The maximum Gasteiger partial charge on any atom is 0.227 e. The van der Waals surface area contributed by atoms with E-state index in [4.69, 9.17) is 22.1 Å². The number of carbonyl (C=O) groups excluding carboxylic acids is 2. The fourth-order valence-corrected chi connectivity index (χ4v) is 1.76. The van der Waals surface area contributed by atoms with E-state index in [-0.39, 0.29) is 30.9 Å². The molecule has 0 radical (unpaired) electrons. The molecule has 0 fully saturated rings. The maximum atomic E-state index is 11.9. The molecule has 1 aromatic carbocycles. The van der Waals surface area contributed by atoms with Crippen LogP contribution in [0, 0.1) is 0 Å². The Morgan fingerprint density at radius 3 is 2.60 bits per heavy atom. The van der Waals surface area contributed by atoms with Gasteiger partial charge >= 0.3 is 0 Å². The number of nitrogens with one attached hydrogen (secondary N) is 2. The van der Waals surface area contributed by atoms with Crippen LogP contribution in [0.3, 0.4) is 0 Å². The Morgan fingerprint density at radius 1 is 1.35 bits per heavy atom. The first-order valence-electron chi connectivity index (χ1n) is 6.06. The van der Waals surface area contributed by atoms with Gasteiger partial charge in [0.25, 0.3) is 0 Å². The topological polar surface area (TPSA) is 93.4 Å². The fraction of sp³-hybridized carbons (Fsp3) is 0.385. The number of halogens is 1. The third-order valence-corrected chi connectivity index (χ3v) is 2.81. The SMILES string of the molecule is COC(CN)CC(=O)Nc1cc(Cl)ccc1NC(C)=O. The molecule has 6 nitrogen and oxygen atoms in total. The second kappa shape index (κ2) is 7.84. The number of benzene rings is 1. The smallest absolute Gasteiger partial charge is 0.227 e. The summed E-state index contributed by atoms with van der Waals surface area (Å²) < 4.78 is 5.04. The van der Waals surface area contributed by atoms with Crippen LogP contribution in [-0.2, 0) is 14.3 Å². The Bertz CT molecular complexity index is 490. The highest BCUT2D eigenvalue weighted by Crippen LogP contribution is 2.26. The average Bonchev–Trinajstić information content (AvgIpc) is 2.38. The van der Waals surface area contributed by atoms with Gasteiger partial charge in [0.15, 0.2) is 0 Å². The molecule has 4 N–H and O–H groups in total. The summed E-state index contributed by atoms with van der Waals surface area (Å²) >= 11 is 5.89. The number of ether oxygens (including phenoxy) is 1. The molecule has 0 heterocycles. The Labute approximate surface area is 122 Å². The second-order valence-electron chi connectivity index (χ2n) is 4.22. The predicted molar refractivity (Wildman–Crippen MR) is 78.9 cm³/mol. The molecule has 110 valence electrons. The summed E-state index contributed by atoms with van der Waals surface area (Å²) in [6.07, 6.45) is -0.225. The van der Waals surface area contributed by atoms with Crippen LogP contribution in [0.5, 0.6) is 0 Å². The quantitative estimate of drug-likeness (QED) is 0.744. The van der Waals surface area contributed by atoms with E-state index in [1.165, 1.54) is 14.0 Å². The average molecular weight is 300 g/mol. The molecule has 1 aromatic rings. The summed E-state index contributed by atoms with van der Waals surface area (Å²) in [5.74, 6) is -0.504. The van der Waals surface area contributed by atoms with Gasteiger partial charge in [0.1, 0.15) is 0 Å². The number of rotatable bonds is 6. The minimum absolute atomic E-state index is 0.124. The van der Waals surface area contributed by atoms with Gasteiger partial charge in [-0.2, -0.15) is 0 Å². The molecule has 0 saturated heterocycles. The molecule has 1 unspecified atom stereocenters. The van der Waals surface area contributed by atoms with Gasteiger partial charge in [-0.05, 0) is 18.2 Å². The van der Waals surface area contributed by atoms with Gasteiger partial charge in [-0.25, -0.2) is 0 Å². The molecule has 0 saturated carbocycles. The van der Waals surface area contributed by atoms with Crippen molar-refractivity contribution < 1.29 is 14.3 Å². The molecule has 2 amide bonds. The first-order chi connectivity index (χ1) is 9.46. The Hall–Kier alpha value is -1.63. The highest BCUT2D eigenvalue weighted by molar-refractivity contribution is 6.31. The molecule has 20 heavy (non-hydrogen) atoms. The first-order valence-corrected chi connectivity index (χ1v) is 6.44. The molecule has 0 aliphatic carbocycles. The van der Waals surface area contributed by atoms with Crippen molar-refractivity contribution in [1.29, 1.82) is 0 Å². The number of anilines is 2. The van der Waals surface area contributed by atoms with Crippen LogP contribution >= 0.6 is 11.6 Å². The largest absolute Gasteiger partial charge is 0.380 e. The molecular weight excluding hydrogens is 282 g/mol. The van der Waals surface area contributed by atoms with Crippen molar-refractivity contribution in [2.45, 2.75) is 19.4 Å². The molecule has 1 atom stereocenters. The van der Waals surface area contributed by atoms with E-state index in [1.54, 1.807) is 18.2 Å². The van der Waals surface area contributed by atoms with Crippen molar-refractivity contribution in [3.05, 3.63) is 23.2 Å². The van der Waals surface area contributed by atoms with Crippen LogP contribution in [0.25, 0.3) is 0 Å². The highest BCUT2D eigenvalue weighted by Gasteiger charge is 2.14. The van der Waals surface area contributed by atoms with Gasteiger partial charge < -0.3 is 21.1 Å². The fourth-order valence-electron chi connectivity index (χ4n) is 1.59. The first kappa shape index (κ1) is 16.4. The van der Waals surface area contributed by atoms with E-state index in [0.717, 1.165) is 0 Å². The minimum atomic E-state index is -0.349. The van der Waals surface area contributed by atoms with Crippen molar-refractivity contribution in [3.63, 3.8) is 0 Å². The summed E-state index contributed by atoms with van der Waals surface area (Å²) in [5, 5.41) is 5.76. The van der Waals surface area contributed by atoms with Crippen LogP contribution < -0.4 is 16.4 Å². The van der Waals surface area contributed by atoms with Gasteiger partial charge in [-0.3, -0.25) is 9.59 Å². The van der Waals surface area contributed by atoms with E-state index in [9.17, 15) is 9.59 Å². The lowest BCUT2D eigenvalue weighted by molar-refractivity contribution is -0.118. The number of carbonyl (C=O) groups is 2. The zero-order valence-corrected chi connectivity index (χ0v) is 12.2. The van der Waals surface area contributed by atoms with Crippen molar-refractivity contribution >= 4 is 34.8 Å².